The number of fused-ring (bicyclic) bond motifs is 1. The first-order valence-corrected chi connectivity index (χ1v) is 14.0. The Kier molecular flexibility index (Phi) is 7.55. The van der Waals surface area contributed by atoms with Crippen LogP contribution < -0.4 is 10.1 Å². The highest BCUT2D eigenvalue weighted by Gasteiger charge is 2.40. The number of sulfonamides is 1. The largest absolute Gasteiger partial charge is 0.487 e. The van der Waals surface area contributed by atoms with E-state index in [0.29, 0.717) is 36.5 Å². The van der Waals surface area contributed by atoms with E-state index in [1.807, 2.05) is 24.3 Å². The van der Waals surface area contributed by atoms with Crippen molar-refractivity contribution in [1.82, 2.24) is 9.62 Å². The van der Waals surface area contributed by atoms with Gasteiger partial charge in [-0.2, -0.15) is 0 Å². The molecule has 0 bridgehead atoms. The Balaban J connectivity index is 1.39. The van der Waals surface area contributed by atoms with Crippen molar-refractivity contribution in [1.29, 1.82) is 0 Å². The molecule has 1 saturated heterocycles. The fourth-order valence-corrected chi connectivity index (χ4v) is 6.81. The molecule has 0 radical (unpaired) electrons. The number of nitrogens with one attached hydrogen (secondary N) is 1. The van der Waals surface area contributed by atoms with Gasteiger partial charge in [0.1, 0.15) is 11.4 Å². The Bertz CT molecular complexity index is 1130. The van der Waals surface area contributed by atoms with Crippen molar-refractivity contribution in [3.05, 3.63) is 64.7 Å². The number of rotatable bonds is 7. The van der Waals surface area contributed by atoms with E-state index >= 15 is 0 Å². The second-order valence-electron chi connectivity index (χ2n) is 9.35. The molecule has 0 spiro atoms. The van der Waals surface area contributed by atoms with E-state index in [9.17, 15) is 13.2 Å². The van der Waals surface area contributed by atoms with Crippen molar-refractivity contribution in [2.24, 2.45) is 5.92 Å². The molecule has 4 rings (SSSR count). The summed E-state index contributed by atoms with van der Waals surface area (Å²) >= 11 is 6.00. The minimum Gasteiger partial charge on any atom is -0.487 e. The van der Waals surface area contributed by atoms with Crippen LogP contribution in [-0.2, 0) is 20.6 Å². The summed E-state index contributed by atoms with van der Waals surface area (Å²) in [5.41, 5.74) is 1.39. The third-order valence-electron chi connectivity index (χ3n) is 7.26. The first-order valence-electron chi connectivity index (χ1n) is 12.1. The lowest BCUT2D eigenvalue weighted by atomic mass is 9.83. The van der Waals surface area contributed by atoms with E-state index in [-0.39, 0.29) is 29.2 Å². The van der Waals surface area contributed by atoms with Gasteiger partial charge in [0.05, 0.1) is 11.8 Å². The van der Waals surface area contributed by atoms with Crippen LogP contribution in [0.15, 0.2) is 48.5 Å². The third-order valence-corrected chi connectivity index (χ3v) is 9.34. The van der Waals surface area contributed by atoms with Crippen LogP contribution in [-0.4, -0.2) is 37.3 Å². The van der Waals surface area contributed by atoms with E-state index in [1.165, 1.54) is 4.31 Å². The number of halogens is 1. The number of nitrogens with zero attached hydrogens (tertiary/aromatic N) is 1. The fourth-order valence-electron chi connectivity index (χ4n) is 5.04. The Morgan fingerprint density at radius 1 is 1.12 bits per heavy atom. The van der Waals surface area contributed by atoms with Crippen LogP contribution in [0.3, 0.4) is 0 Å². The van der Waals surface area contributed by atoms with E-state index in [2.05, 4.69) is 19.2 Å². The normalized spacial score (nSPS) is 20.9. The van der Waals surface area contributed by atoms with Crippen LogP contribution in [0, 0.1) is 5.92 Å². The highest BCUT2D eigenvalue weighted by atomic mass is 35.5. The molecule has 1 N–H and O–H groups in total. The van der Waals surface area contributed by atoms with E-state index in [1.54, 1.807) is 24.3 Å². The number of carbonyl (C=O) groups excluding carboxylic acids is 1. The Hall–Kier alpha value is -2.09. The van der Waals surface area contributed by atoms with Crippen LogP contribution in [0.1, 0.15) is 63.1 Å². The molecule has 1 atom stereocenters. The molecule has 1 fully saturated rings. The maximum absolute atomic E-state index is 13.2. The highest BCUT2D eigenvalue weighted by molar-refractivity contribution is 7.88. The number of piperidine rings is 1. The maximum Gasteiger partial charge on any atom is 0.223 e. The second kappa shape index (κ2) is 10.3. The topological polar surface area (TPSA) is 75.7 Å². The molecule has 34 heavy (non-hydrogen) atoms. The average Bonchev–Trinajstić information content (AvgIpc) is 2.83. The monoisotopic (exact) mass is 504 g/mol. The molecular weight excluding hydrogens is 472 g/mol. The molecule has 0 unspecified atom stereocenters. The van der Waals surface area contributed by atoms with Gasteiger partial charge in [-0.3, -0.25) is 4.79 Å². The summed E-state index contributed by atoms with van der Waals surface area (Å²) < 4.78 is 33.7. The van der Waals surface area contributed by atoms with Gasteiger partial charge in [0.25, 0.3) is 0 Å². The van der Waals surface area contributed by atoms with Crippen LogP contribution >= 0.6 is 11.6 Å². The van der Waals surface area contributed by atoms with Gasteiger partial charge in [0, 0.05) is 36.0 Å². The predicted molar refractivity (Wildman–Crippen MR) is 134 cm³/mol. The second-order valence-corrected chi connectivity index (χ2v) is 11.8. The lowest BCUT2D eigenvalue weighted by molar-refractivity contribution is -0.127. The molecule has 6 nitrogen and oxygen atoms in total. The number of hydrogen-bond donors (Lipinski definition) is 1. The molecule has 2 heterocycles. The van der Waals surface area contributed by atoms with Crippen LogP contribution in [0.4, 0.5) is 0 Å². The van der Waals surface area contributed by atoms with Crippen LogP contribution in [0.5, 0.6) is 5.75 Å². The summed E-state index contributed by atoms with van der Waals surface area (Å²) in [4.78, 5) is 13.2. The predicted octanol–water partition coefficient (Wildman–Crippen LogP) is 5.08. The van der Waals surface area contributed by atoms with Crippen LogP contribution in [0.25, 0.3) is 0 Å². The summed E-state index contributed by atoms with van der Waals surface area (Å²) in [7, 11) is -3.47. The molecule has 1 amide bonds. The minimum atomic E-state index is -3.47. The molecule has 0 saturated carbocycles. The van der Waals surface area contributed by atoms with Gasteiger partial charge in [-0.25, -0.2) is 12.7 Å². The minimum absolute atomic E-state index is 0.00491. The van der Waals surface area contributed by atoms with Crippen molar-refractivity contribution in [2.45, 2.75) is 63.3 Å². The fraction of sp³-hybridized carbons (Fsp3) is 0.500. The lowest BCUT2D eigenvalue weighted by Gasteiger charge is -2.42. The third kappa shape index (κ3) is 5.42. The van der Waals surface area contributed by atoms with Gasteiger partial charge in [-0.1, -0.05) is 55.8 Å². The van der Waals surface area contributed by atoms with Gasteiger partial charge in [0.15, 0.2) is 0 Å². The highest BCUT2D eigenvalue weighted by Crippen LogP contribution is 2.42. The van der Waals surface area contributed by atoms with Crippen molar-refractivity contribution >= 4 is 27.5 Å². The van der Waals surface area contributed by atoms with E-state index in [4.69, 9.17) is 16.3 Å². The molecule has 184 valence electrons. The number of carbonyl (C=O) groups is 1. The summed E-state index contributed by atoms with van der Waals surface area (Å²) in [5.74, 6) is 0.545. The average molecular weight is 505 g/mol. The molecule has 2 aromatic rings. The molecule has 2 aromatic carbocycles. The Morgan fingerprint density at radius 3 is 2.50 bits per heavy atom. The SMILES string of the molecule is CCC1(CC)C[C@H](NC(=O)C2CCN(S(=O)(=O)Cc3cccc(Cl)c3)CC2)c2ccccc2O1. The number of para-hydroxylation sites is 1. The zero-order valence-corrected chi connectivity index (χ0v) is 21.4. The van der Waals surface area contributed by atoms with Gasteiger partial charge in [0.2, 0.25) is 15.9 Å². The standard InChI is InChI=1S/C26H33ClN2O4S/c1-3-26(4-2)17-23(22-10-5-6-11-24(22)33-26)28-25(30)20-12-14-29(15-13-20)34(31,32)18-19-8-7-9-21(27)16-19/h5-11,16,20,23H,3-4,12-15,17-18H2,1-2H3,(H,28,30)/t23-/m0/s1. The number of benzene rings is 2. The van der Waals surface area contributed by atoms with Gasteiger partial charge < -0.3 is 10.1 Å². The first-order chi connectivity index (χ1) is 16.2. The van der Waals surface area contributed by atoms with Crippen molar-refractivity contribution in [3.63, 3.8) is 0 Å². The maximum atomic E-state index is 13.2. The van der Waals surface area contributed by atoms with E-state index in [0.717, 1.165) is 30.6 Å². The van der Waals surface area contributed by atoms with Gasteiger partial charge in [-0.15, -0.1) is 0 Å². The Labute approximate surface area is 207 Å². The van der Waals surface area contributed by atoms with Crippen LogP contribution in [0.2, 0.25) is 5.02 Å². The zero-order chi connectivity index (χ0) is 24.3. The first kappa shape index (κ1) is 25.0. The summed E-state index contributed by atoms with van der Waals surface area (Å²) in [5, 5.41) is 3.79. The number of amides is 1. The number of hydrogen-bond acceptors (Lipinski definition) is 4. The van der Waals surface area contributed by atoms with Gasteiger partial charge >= 0.3 is 0 Å². The van der Waals surface area contributed by atoms with Crippen molar-refractivity contribution in [3.8, 4) is 5.75 Å². The summed E-state index contributed by atoms with van der Waals surface area (Å²) in [6, 6.07) is 14.7. The lowest BCUT2D eigenvalue weighted by Crippen LogP contribution is -2.47. The van der Waals surface area contributed by atoms with Crippen molar-refractivity contribution < 1.29 is 17.9 Å². The zero-order valence-electron chi connectivity index (χ0n) is 19.8. The quantitative estimate of drug-likeness (QED) is 0.570. The molecule has 8 heteroatoms. The molecule has 0 aromatic heterocycles. The van der Waals surface area contributed by atoms with E-state index < -0.39 is 10.0 Å². The Morgan fingerprint density at radius 2 is 1.82 bits per heavy atom. The summed E-state index contributed by atoms with van der Waals surface area (Å²) in [6.45, 7) is 4.93. The molecule has 2 aliphatic heterocycles. The number of ether oxygens (including phenoxy) is 1. The van der Waals surface area contributed by atoms with Gasteiger partial charge in [-0.05, 0) is 49.4 Å². The smallest absolute Gasteiger partial charge is 0.223 e. The molecule has 0 aliphatic carbocycles. The summed E-state index contributed by atoms with van der Waals surface area (Å²) in [6.07, 6.45) is 3.49. The molecular formula is C26H33ClN2O4S. The van der Waals surface area contributed by atoms with Crippen molar-refractivity contribution in [2.75, 3.05) is 13.1 Å². The molecule has 2 aliphatic rings.